The number of carboxylic acids is 1. The standard InChI is InChI=1S/C16H16ClNO4S/c1-12-14(17)8-5-9-15(12)18(11-10-16(19)20)23(21,22)13-6-3-2-4-7-13/h2-9H,10-11H2,1H3,(H,19,20). The summed E-state index contributed by atoms with van der Waals surface area (Å²) in [5.74, 6) is -1.07. The largest absolute Gasteiger partial charge is 0.481 e. The number of carboxylic acid groups (broad SMARTS) is 1. The fourth-order valence-electron chi connectivity index (χ4n) is 2.15. The molecule has 0 fully saturated rings. The van der Waals surface area contributed by atoms with Crippen LogP contribution in [0, 0.1) is 6.92 Å². The molecule has 2 aromatic rings. The van der Waals surface area contributed by atoms with E-state index in [9.17, 15) is 13.2 Å². The average Bonchev–Trinajstić information content (AvgIpc) is 2.52. The van der Waals surface area contributed by atoms with Gasteiger partial charge in [0.2, 0.25) is 0 Å². The van der Waals surface area contributed by atoms with Gasteiger partial charge in [-0.3, -0.25) is 9.10 Å². The van der Waals surface area contributed by atoms with E-state index in [1.54, 1.807) is 43.3 Å². The molecule has 5 nitrogen and oxygen atoms in total. The minimum Gasteiger partial charge on any atom is -0.481 e. The van der Waals surface area contributed by atoms with Gasteiger partial charge in [-0.25, -0.2) is 8.42 Å². The van der Waals surface area contributed by atoms with Crippen LogP contribution in [0.3, 0.4) is 0 Å². The van der Waals surface area contributed by atoms with Crippen LogP contribution in [0.1, 0.15) is 12.0 Å². The van der Waals surface area contributed by atoms with Gasteiger partial charge in [-0.15, -0.1) is 0 Å². The molecule has 122 valence electrons. The molecule has 0 bridgehead atoms. The maximum Gasteiger partial charge on any atom is 0.305 e. The summed E-state index contributed by atoms with van der Waals surface area (Å²) in [5, 5.41) is 9.34. The van der Waals surface area contributed by atoms with Gasteiger partial charge in [-0.2, -0.15) is 0 Å². The van der Waals surface area contributed by atoms with Crippen LogP contribution in [0.25, 0.3) is 0 Å². The molecule has 0 atom stereocenters. The van der Waals surface area contributed by atoms with E-state index >= 15 is 0 Å². The van der Waals surface area contributed by atoms with Gasteiger partial charge in [0.1, 0.15) is 0 Å². The lowest BCUT2D eigenvalue weighted by Crippen LogP contribution is -2.33. The van der Waals surface area contributed by atoms with E-state index in [0.717, 1.165) is 4.31 Å². The quantitative estimate of drug-likeness (QED) is 0.864. The van der Waals surface area contributed by atoms with Crippen LogP contribution in [0.2, 0.25) is 5.02 Å². The number of nitrogens with zero attached hydrogens (tertiary/aromatic N) is 1. The number of hydrogen-bond acceptors (Lipinski definition) is 3. The Morgan fingerprint density at radius 2 is 1.78 bits per heavy atom. The molecular weight excluding hydrogens is 338 g/mol. The summed E-state index contributed by atoms with van der Waals surface area (Å²) < 4.78 is 26.9. The summed E-state index contributed by atoms with van der Waals surface area (Å²) >= 11 is 6.08. The van der Waals surface area contributed by atoms with E-state index in [0.29, 0.717) is 16.3 Å². The molecule has 0 aliphatic carbocycles. The molecule has 1 N–H and O–H groups in total. The van der Waals surface area contributed by atoms with Crippen LogP contribution in [0.4, 0.5) is 5.69 Å². The SMILES string of the molecule is Cc1c(Cl)cccc1N(CCC(=O)O)S(=O)(=O)c1ccccc1. The second-order valence-electron chi connectivity index (χ2n) is 4.92. The van der Waals surface area contributed by atoms with Gasteiger partial charge in [0.25, 0.3) is 10.0 Å². The molecule has 0 aromatic heterocycles. The minimum atomic E-state index is -3.88. The minimum absolute atomic E-state index is 0.102. The molecule has 2 rings (SSSR count). The Kier molecular flexibility index (Phi) is 5.28. The number of hydrogen-bond donors (Lipinski definition) is 1. The van der Waals surface area contributed by atoms with Gasteiger partial charge >= 0.3 is 5.97 Å². The maximum absolute atomic E-state index is 12.9. The molecule has 0 aliphatic rings. The third-order valence-electron chi connectivity index (χ3n) is 3.37. The summed E-state index contributed by atoms with van der Waals surface area (Å²) in [5.41, 5.74) is 0.960. The van der Waals surface area contributed by atoms with Gasteiger partial charge in [0.05, 0.1) is 17.0 Å². The van der Waals surface area contributed by atoms with Crippen molar-refractivity contribution in [1.29, 1.82) is 0 Å². The molecule has 7 heteroatoms. The predicted octanol–water partition coefficient (Wildman–Crippen LogP) is 3.32. The van der Waals surface area contributed by atoms with Gasteiger partial charge in [-0.1, -0.05) is 35.9 Å². The zero-order chi connectivity index (χ0) is 17.0. The zero-order valence-electron chi connectivity index (χ0n) is 12.4. The normalized spacial score (nSPS) is 11.2. The number of rotatable bonds is 6. The average molecular weight is 354 g/mol. The maximum atomic E-state index is 12.9. The van der Waals surface area contributed by atoms with Crippen molar-refractivity contribution >= 4 is 33.3 Å². The van der Waals surface area contributed by atoms with Crippen molar-refractivity contribution < 1.29 is 18.3 Å². The number of sulfonamides is 1. The highest BCUT2D eigenvalue weighted by atomic mass is 35.5. The molecule has 0 spiro atoms. The van der Waals surface area contributed by atoms with Crippen LogP contribution < -0.4 is 4.31 Å². The molecule has 0 saturated heterocycles. The highest BCUT2D eigenvalue weighted by Gasteiger charge is 2.26. The number of halogens is 1. The summed E-state index contributed by atoms with van der Waals surface area (Å²) in [6.07, 6.45) is -0.308. The Bertz CT molecular complexity index is 806. The van der Waals surface area contributed by atoms with Crippen molar-refractivity contribution in [3.8, 4) is 0 Å². The van der Waals surface area contributed by atoms with Gasteiger partial charge in [-0.05, 0) is 36.8 Å². The molecule has 0 amide bonds. The summed E-state index contributed by atoms with van der Waals surface area (Å²) in [6, 6.07) is 12.8. The molecular formula is C16H16ClNO4S. The van der Waals surface area contributed by atoms with Gasteiger partial charge in [0, 0.05) is 11.6 Å². The molecule has 0 radical (unpaired) electrons. The Labute approximate surface area is 140 Å². The van der Waals surface area contributed by atoms with Crippen molar-refractivity contribution in [3.05, 3.63) is 59.1 Å². The van der Waals surface area contributed by atoms with E-state index in [1.165, 1.54) is 12.1 Å². The number of aliphatic carboxylic acids is 1. The Morgan fingerprint density at radius 3 is 2.39 bits per heavy atom. The lowest BCUT2D eigenvalue weighted by atomic mass is 10.2. The van der Waals surface area contributed by atoms with E-state index in [-0.39, 0.29) is 17.9 Å². The van der Waals surface area contributed by atoms with Crippen LogP contribution in [0.15, 0.2) is 53.4 Å². The second-order valence-corrected chi connectivity index (χ2v) is 7.19. The Balaban J connectivity index is 2.54. The predicted molar refractivity (Wildman–Crippen MR) is 89.4 cm³/mol. The third-order valence-corrected chi connectivity index (χ3v) is 5.60. The number of benzene rings is 2. The molecule has 0 aliphatic heterocycles. The highest BCUT2D eigenvalue weighted by molar-refractivity contribution is 7.92. The first-order valence-electron chi connectivity index (χ1n) is 6.88. The molecule has 0 saturated carbocycles. The van der Waals surface area contributed by atoms with Crippen molar-refractivity contribution in [2.24, 2.45) is 0 Å². The molecule has 23 heavy (non-hydrogen) atoms. The van der Waals surface area contributed by atoms with E-state index in [4.69, 9.17) is 16.7 Å². The smallest absolute Gasteiger partial charge is 0.305 e. The van der Waals surface area contributed by atoms with Crippen LogP contribution in [-0.2, 0) is 14.8 Å². The number of anilines is 1. The lowest BCUT2D eigenvalue weighted by Gasteiger charge is -2.26. The Morgan fingerprint density at radius 1 is 1.13 bits per heavy atom. The molecule has 0 heterocycles. The van der Waals surface area contributed by atoms with Crippen LogP contribution in [-0.4, -0.2) is 26.0 Å². The van der Waals surface area contributed by atoms with Gasteiger partial charge < -0.3 is 5.11 Å². The highest BCUT2D eigenvalue weighted by Crippen LogP contribution is 2.30. The zero-order valence-corrected chi connectivity index (χ0v) is 14.0. The lowest BCUT2D eigenvalue weighted by molar-refractivity contribution is -0.136. The number of carbonyl (C=O) groups is 1. The van der Waals surface area contributed by atoms with Crippen LogP contribution >= 0.6 is 11.6 Å². The van der Waals surface area contributed by atoms with Crippen molar-refractivity contribution in [2.75, 3.05) is 10.8 Å². The summed E-state index contributed by atoms with van der Waals surface area (Å²) in [7, 11) is -3.88. The van der Waals surface area contributed by atoms with E-state index < -0.39 is 16.0 Å². The first-order valence-corrected chi connectivity index (χ1v) is 8.70. The summed E-state index contributed by atoms with van der Waals surface area (Å²) in [4.78, 5) is 11.0. The van der Waals surface area contributed by atoms with Crippen molar-refractivity contribution in [2.45, 2.75) is 18.2 Å². The first-order chi connectivity index (χ1) is 10.8. The fraction of sp³-hybridized carbons (Fsp3) is 0.188. The third kappa shape index (κ3) is 3.83. The second kappa shape index (κ2) is 7.02. The van der Waals surface area contributed by atoms with Crippen molar-refractivity contribution in [3.63, 3.8) is 0 Å². The van der Waals surface area contributed by atoms with Gasteiger partial charge in [0.15, 0.2) is 0 Å². The Hall–Kier alpha value is -2.05. The topological polar surface area (TPSA) is 74.7 Å². The van der Waals surface area contributed by atoms with Crippen LogP contribution in [0.5, 0.6) is 0 Å². The molecule has 2 aromatic carbocycles. The monoisotopic (exact) mass is 353 g/mol. The van der Waals surface area contributed by atoms with E-state index in [2.05, 4.69) is 0 Å². The van der Waals surface area contributed by atoms with E-state index in [1.807, 2.05) is 0 Å². The summed E-state index contributed by atoms with van der Waals surface area (Å²) in [6.45, 7) is 1.53. The first kappa shape index (κ1) is 17.3. The fourth-order valence-corrected chi connectivity index (χ4v) is 3.87. The molecule has 0 unspecified atom stereocenters. The van der Waals surface area contributed by atoms with Crippen molar-refractivity contribution in [1.82, 2.24) is 0 Å².